The summed E-state index contributed by atoms with van der Waals surface area (Å²) >= 11 is 1.36. The molecule has 4 rings (SSSR count). The highest BCUT2D eigenvalue weighted by atomic mass is 32.2. The molecule has 0 atom stereocenters. The van der Waals surface area contributed by atoms with Gasteiger partial charge in [0, 0.05) is 5.56 Å². The molecule has 0 bridgehead atoms. The minimum atomic E-state index is -0.308. The summed E-state index contributed by atoms with van der Waals surface area (Å²) in [5, 5.41) is 11.9. The number of carbonyl (C=O) groups is 1. The molecule has 0 unspecified atom stereocenters. The molecule has 0 saturated carbocycles. The summed E-state index contributed by atoms with van der Waals surface area (Å²) in [7, 11) is 3.14. The highest BCUT2D eigenvalue weighted by molar-refractivity contribution is 7.98. The van der Waals surface area contributed by atoms with Crippen molar-refractivity contribution in [1.29, 1.82) is 0 Å². The van der Waals surface area contributed by atoms with Crippen LogP contribution in [0.5, 0.6) is 11.5 Å². The Balaban J connectivity index is 1.57. The fourth-order valence-corrected chi connectivity index (χ4v) is 3.75. The van der Waals surface area contributed by atoms with Crippen LogP contribution in [-0.4, -0.2) is 46.3 Å². The lowest BCUT2D eigenvalue weighted by Crippen LogP contribution is -2.21. The number of nitrogens with zero attached hydrogens (tertiary/aromatic N) is 4. The Morgan fingerprint density at radius 3 is 2.61 bits per heavy atom. The third kappa shape index (κ3) is 4.62. The predicted molar refractivity (Wildman–Crippen MR) is 125 cm³/mol. The van der Waals surface area contributed by atoms with Crippen molar-refractivity contribution in [2.24, 2.45) is 0 Å². The number of benzene rings is 2. The number of rotatable bonds is 8. The summed E-state index contributed by atoms with van der Waals surface area (Å²) < 4.78 is 17.3. The molecule has 0 fully saturated rings. The Labute approximate surface area is 194 Å². The van der Waals surface area contributed by atoms with E-state index in [-0.39, 0.29) is 24.2 Å². The molecule has 2 heterocycles. The van der Waals surface area contributed by atoms with Crippen LogP contribution in [0.15, 0.2) is 58.1 Å². The highest BCUT2D eigenvalue weighted by Crippen LogP contribution is 2.35. The summed E-state index contributed by atoms with van der Waals surface area (Å²) in [5.41, 5.74) is 8.14. The molecule has 11 heteroatoms. The van der Waals surface area contributed by atoms with Crippen LogP contribution in [0.3, 0.4) is 0 Å². The standard InChI is InChI=1S/C22H22N6O4S/c1-30-14-10-8-13(9-11-14)20-25-21(32-27-20)18-19(23)28(26-22(18)33-3)12-17(29)24-15-6-4-5-7-16(15)31-2/h4-11H,12,23H2,1-3H3,(H,24,29). The average Bonchev–Trinajstić information content (AvgIpc) is 3.44. The van der Waals surface area contributed by atoms with Crippen molar-refractivity contribution >= 4 is 29.2 Å². The third-order valence-electron chi connectivity index (χ3n) is 4.82. The average molecular weight is 467 g/mol. The highest BCUT2D eigenvalue weighted by Gasteiger charge is 2.24. The van der Waals surface area contributed by atoms with Gasteiger partial charge >= 0.3 is 0 Å². The quantitative estimate of drug-likeness (QED) is 0.374. The summed E-state index contributed by atoms with van der Waals surface area (Å²) in [5.74, 6) is 1.85. The van der Waals surface area contributed by atoms with E-state index in [1.807, 2.05) is 36.6 Å². The van der Waals surface area contributed by atoms with Crippen molar-refractivity contribution in [2.45, 2.75) is 11.6 Å². The van der Waals surface area contributed by atoms with E-state index >= 15 is 0 Å². The number of hydrogen-bond acceptors (Lipinski definition) is 9. The van der Waals surface area contributed by atoms with Crippen molar-refractivity contribution < 1.29 is 18.8 Å². The van der Waals surface area contributed by atoms with Crippen LogP contribution in [0.1, 0.15) is 0 Å². The molecule has 0 aliphatic heterocycles. The zero-order chi connectivity index (χ0) is 23.4. The maximum Gasteiger partial charge on any atom is 0.264 e. The first-order valence-corrected chi connectivity index (χ1v) is 11.1. The van der Waals surface area contributed by atoms with Gasteiger partial charge in [-0.05, 0) is 42.7 Å². The van der Waals surface area contributed by atoms with Gasteiger partial charge in [-0.3, -0.25) is 4.79 Å². The molecule has 10 nitrogen and oxygen atoms in total. The van der Waals surface area contributed by atoms with Crippen molar-refractivity contribution in [1.82, 2.24) is 19.9 Å². The Hall–Kier alpha value is -3.99. The second-order valence-electron chi connectivity index (χ2n) is 6.83. The van der Waals surface area contributed by atoms with Crippen LogP contribution in [0.4, 0.5) is 11.5 Å². The van der Waals surface area contributed by atoms with Gasteiger partial charge in [0.25, 0.3) is 5.89 Å². The van der Waals surface area contributed by atoms with Crippen LogP contribution in [-0.2, 0) is 11.3 Å². The molecule has 0 radical (unpaired) electrons. The number of para-hydroxylation sites is 2. The van der Waals surface area contributed by atoms with E-state index in [1.54, 1.807) is 25.3 Å². The lowest BCUT2D eigenvalue weighted by molar-refractivity contribution is -0.116. The van der Waals surface area contributed by atoms with E-state index in [0.29, 0.717) is 27.9 Å². The Kier molecular flexibility index (Phi) is 6.50. The summed E-state index contributed by atoms with van der Waals surface area (Å²) in [6, 6.07) is 14.4. The van der Waals surface area contributed by atoms with Crippen molar-refractivity contribution in [3.8, 4) is 34.3 Å². The molecule has 3 N–H and O–H groups in total. The molecule has 4 aromatic rings. The van der Waals surface area contributed by atoms with Gasteiger partial charge < -0.3 is 25.0 Å². The molecule has 2 aromatic heterocycles. The zero-order valence-electron chi connectivity index (χ0n) is 18.2. The molecule has 0 aliphatic rings. The van der Waals surface area contributed by atoms with Crippen molar-refractivity contribution in [2.75, 3.05) is 31.5 Å². The molecule has 1 amide bonds. The fraction of sp³-hybridized carbons (Fsp3) is 0.182. The monoisotopic (exact) mass is 466 g/mol. The Morgan fingerprint density at radius 1 is 1.15 bits per heavy atom. The van der Waals surface area contributed by atoms with Gasteiger partial charge in [0.05, 0.1) is 19.9 Å². The number of ether oxygens (including phenoxy) is 2. The molecule has 0 aliphatic carbocycles. The SMILES string of the molecule is COc1ccc(-c2noc(-c3c(SC)nn(CC(=O)Nc4ccccc4OC)c3N)n2)cc1. The second kappa shape index (κ2) is 9.65. The number of amides is 1. The number of hydrogen-bond donors (Lipinski definition) is 2. The summed E-state index contributed by atoms with van der Waals surface area (Å²) in [6.07, 6.45) is 1.85. The maximum absolute atomic E-state index is 12.6. The van der Waals surface area contributed by atoms with Crippen LogP contribution in [0, 0.1) is 0 Å². The van der Waals surface area contributed by atoms with Crippen LogP contribution in [0.2, 0.25) is 0 Å². The van der Waals surface area contributed by atoms with Gasteiger partial charge in [-0.25, -0.2) is 4.68 Å². The predicted octanol–water partition coefficient (Wildman–Crippen LogP) is 3.56. The van der Waals surface area contributed by atoms with E-state index < -0.39 is 0 Å². The Bertz CT molecular complexity index is 1270. The largest absolute Gasteiger partial charge is 0.497 e. The van der Waals surface area contributed by atoms with E-state index in [4.69, 9.17) is 19.7 Å². The number of carbonyl (C=O) groups excluding carboxylic acids is 1. The number of aromatic nitrogens is 4. The first-order chi connectivity index (χ1) is 16.0. The molecular formula is C22H22N6O4S. The van der Waals surface area contributed by atoms with E-state index in [1.165, 1.54) is 23.6 Å². The first kappa shape index (κ1) is 22.2. The van der Waals surface area contributed by atoms with E-state index in [9.17, 15) is 4.79 Å². The van der Waals surface area contributed by atoms with Crippen molar-refractivity contribution in [3.05, 3.63) is 48.5 Å². The minimum Gasteiger partial charge on any atom is -0.497 e. The van der Waals surface area contributed by atoms with Gasteiger partial charge in [0.1, 0.15) is 34.5 Å². The molecule has 33 heavy (non-hydrogen) atoms. The van der Waals surface area contributed by atoms with E-state index in [0.717, 1.165) is 11.3 Å². The zero-order valence-corrected chi connectivity index (χ0v) is 19.0. The van der Waals surface area contributed by atoms with Gasteiger partial charge in [-0.1, -0.05) is 17.3 Å². The molecular weight excluding hydrogens is 444 g/mol. The van der Waals surface area contributed by atoms with Crippen LogP contribution >= 0.6 is 11.8 Å². The number of nitrogens with one attached hydrogen (secondary N) is 1. The van der Waals surface area contributed by atoms with Crippen LogP contribution in [0.25, 0.3) is 22.8 Å². The smallest absolute Gasteiger partial charge is 0.264 e. The summed E-state index contributed by atoms with van der Waals surface area (Å²) in [4.78, 5) is 17.1. The number of nitrogen functional groups attached to an aromatic ring is 1. The Morgan fingerprint density at radius 2 is 1.91 bits per heavy atom. The van der Waals surface area contributed by atoms with E-state index in [2.05, 4.69) is 20.6 Å². The van der Waals surface area contributed by atoms with Gasteiger partial charge in [-0.2, -0.15) is 10.1 Å². The van der Waals surface area contributed by atoms with Gasteiger partial charge in [0.2, 0.25) is 11.7 Å². The van der Waals surface area contributed by atoms with Gasteiger partial charge in [-0.15, -0.1) is 11.8 Å². The van der Waals surface area contributed by atoms with Crippen molar-refractivity contribution in [3.63, 3.8) is 0 Å². The normalized spacial score (nSPS) is 10.8. The second-order valence-corrected chi connectivity index (χ2v) is 7.62. The number of anilines is 2. The fourth-order valence-electron chi connectivity index (χ4n) is 3.17. The number of methoxy groups -OCH3 is 2. The topological polar surface area (TPSA) is 130 Å². The third-order valence-corrected chi connectivity index (χ3v) is 5.49. The number of thioether (sulfide) groups is 1. The maximum atomic E-state index is 12.6. The van der Waals surface area contributed by atoms with Gasteiger partial charge in [0.15, 0.2) is 0 Å². The lowest BCUT2D eigenvalue weighted by atomic mass is 10.2. The molecule has 0 spiro atoms. The molecule has 170 valence electrons. The lowest BCUT2D eigenvalue weighted by Gasteiger charge is -2.10. The minimum absolute atomic E-state index is 0.100. The molecule has 2 aromatic carbocycles. The molecule has 0 saturated heterocycles. The summed E-state index contributed by atoms with van der Waals surface area (Å²) in [6.45, 7) is -0.100. The first-order valence-electron chi connectivity index (χ1n) is 9.85. The van der Waals surface area contributed by atoms with Crippen LogP contribution < -0.4 is 20.5 Å². The number of nitrogens with two attached hydrogens (primary N) is 1.